The molecule has 0 aliphatic carbocycles. The Morgan fingerprint density at radius 2 is 1.62 bits per heavy atom. The summed E-state index contributed by atoms with van der Waals surface area (Å²) in [4.78, 5) is 8.07. The molecule has 0 saturated heterocycles. The summed E-state index contributed by atoms with van der Waals surface area (Å²) in [6.45, 7) is 0. The van der Waals surface area contributed by atoms with E-state index in [1.165, 1.54) is 27.7 Å². The fourth-order valence-electron chi connectivity index (χ4n) is 2.15. The van der Waals surface area contributed by atoms with Gasteiger partial charge in [-0.3, -0.25) is 0 Å². The molecule has 1 aromatic carbocycles. The van der Waals surface area contributed by atoms with Gasteiger partial charge in [0.05, 0.1) is 27.0 Å². The number of hydrogen-bond acceptors (Lipinski definition) is 7. The Morgan fingerprint density at radius 3 is 2.14 bits per heavy atom. The SMILES string of the molecule is COc1c(N)c(N)c(Cc2ccncn2)c(OC)c1OC. The maximum atomic E-state index is 6.12. The molecule has 0 radical (unpaired) electrons. The molecule has 0 saturated carbocycles. The average Bonchev–Trinajstić information content (AvgIpc) is 2.52. The lowest BCUT2D eigenvalue weighted by Crippen LogP contribution is -2.08. The van der Waals surface area contributed by atoms with Crippen LogP contribution in [0.25, 0.3) is 0 Å². The van der Waals surface area contributed by atoms with Crippen molar-refractivity contribution in [3.8, 4) is 17.2 Å². The van der Waals surface area contributed by atoms with Crippen molar-refractivity contribution in [3.05, 3.63) is 29.8 Å². The molecule has 2 rings (SSSR count). The largest absolute Gasteiger partial charge is 0.492 e. The van der Waals surface area contributed by atoms with Crippen molar-refractivity contribution >= 4 is 11.4 Å². The molecule has 0 atom stereocenters. The molecule has 0 fully saturated rings. The summed E-state index contributed by atoms with van der Waals surface area (Å²) in [5.74, 6) is 1.26. The van der Waals surface area contributed by atoms with E-state index in [2.05, 4.69) is 9.97 Å². The standard InChI is InChI=1S/C14H18N4O3/c1-19-12-9(6-8-4-5-17-7-18-8)10(15)11(16)13(20-2)14(12)21-3/h4-5,7H,6,15-16H2,1-3H3. The number of nitrogens with two attached hydrogens (primary N) is 2. The van der Waals surface area contributed by atoms with Crippen LogP contribution in [0, 0.1) is 0 Å². The van der Waals surface area contributed by atoms with Gasteiger partial charge < -0.3 is 25.7 Å². The van der Waals surface area contributed by atoms with Crippen LogP contribution in [0.4, 0.5) is 11.4 Å². The number of aromatic nitrogens is 2. The molecule has 2 aromatic rings. The lowest BCUT2D eigenvalue weighted by atomic mass is 10.0. The average molecular weight is 290 g/mol. The van der Waals surface area contributed by atoms with Crippen LogP contribution in [0.5, 0.6) is 17.2 Å². The smallest absolute Gasteiger partial charge is 0.205 e. The van der Waals surface area contributed by atoms with E-state index in [4.69, 9.17) is 25.7 Å². The Kier molecular flexibility index (Phi) is 4.32. The fraction of sp³-hybridized carbons (Fsp3) is 0.286. The second-order valence-corrected chi connectivity index (χ2v) is 4.28. The Bertz CT molecular complexity index is 632. The number of nitrogen functional groups attached to an aromatic ring is 2. The first-order chi connectivity index (χ1) is 10.1. The van der Waals surface area contributed by atoms with Crippen LogP contribution in [0.1, 0.15) is 11.3 Å². The minimum Gasteiger partial charge on any atom is -0.492 e. The van der Waals surface area contributed by atoms with Gasteiger partial charge in [0.1, 0.15) is 12.0 Å². The molecule has 21 heavy (non-hydrogen) atoms. The van der Waals surface area contributed by atoms with Crippen molar-refractivity contribution in [1.82, 2.24) is 9.97 Å². The highest BCUT2D eigenvalue weighted by molar-refractivity contribution is 5.83. The summed E-state index contributed by atoms with van der Waals surface area (Å²) in [7, 11) is 4.55. The van der Waals surface area contributed by atoms with E-state index >= 15 is 0 Å². The molecule has 0 aliphatic rings. The lowest BCUT2D eigenvalue weighted by molar-refractivity contribution is 0.324. The molecule has 4 N–H and O–H groups in total. The van der Waals surface area contributed by atoms with Gasteiger partial charge in [-0.15, -0.1) is 0 Å². The van der Waals surface area contributed by atoms with E-state index in [-0.39, 0.29) is 0 Å². The van der Waals surface area contributed by atoms with Crippen LogP contribution in [-0.2, 0) is 6.42 Å². The van der Waals surface area contributed by atoms with Gasteiger partial charge in [-0.1, -0.05) is 0 Å². The van der Waals surface area contributed by atoms with E-state index in [1.54, 1.807) is 12.3 Å². The third-order valence-electron chi connectivity index (χ3n) is 3.16. The summed E-state index contributed by atoms with van der Waals surface area (Å²) in [5.41, 5.74) is 14.4. The van der Waals surface area contributed by atoms with Crippen LogP contribution in [-0.4, -0.2) is 31.3 Å². The van der Waals surface area contributed by atoms with Crippen molar-refractivity contribution in [2.45, 2.75) is 6.42 Å². The highest BCUT2D eigenvalue weighted by Gasteiger charge is 2.24. The van der Waals surface area contributed by atoms with Gasteiger partial charge in [-0.05, 0) is 6.07 Å². The minimum absolute atomic E-state index is 0.319. The normalized spacial score (nSPS) is 10.2. The number of methoxy groups -OCH3 is 3. The zero-order chi connectivity index (χ0) is 15.4. The summed E-state index contributed by atoms with van der Waals surface area (Å²) in [5, 5.41) is 0. The molecule has 7 nitrogen and oxygen atoms in total. The van der Waals surface area contributed by atoms with Gasteiger partial charge in [0, 0.05) is 23.9 Å². The van der Waals surface area contributed by atoms with Crippen molar-refractivity contribution in [1.29, 1.82) is 0 Å². The second kappa shape index (κ2) is 6.17. The van der Waals surface area contributed by atoms with Crippen molar-refractivity contribution in [2.24, 2.45) is 0 Å². The number of ether oxygens (including phenoxy) is 3. The molecule has 112 valence electrons. The lowest BCUT2D eigenvalue weighted by Gasteiger charge is -2.20. The molecule has 1 heterocycles. The minimum atomic E-state index is 0.319. The van der Waals surface area contributed by atoms with Gasteiger partial charge in [-0.2, -0.15) is 0 Å². The van der Waals surface area contributed by atoms with E-state index in [0.717, 1.165) is 5.69 Å². The predicted octanol–water partition coefficient (Wildman–Crippen LogP) is 1.26. The van der Waals surface area contributed by atoms with Crippen molar-refractivity contribution < 1.29 is 14.2 Å². The maximum Gasteiger partial charge on any atom is 0.205 e. The third kappa shape index (κ3) is 2.62. The highest BCUT2D eigenvalue weighted by atomic mass is 16.5. The summed E-state index contributed by atoms with van der Waals surface area (Å²) in [6.07, 6.45) is 3.58. The van der Waals surface area contributed by atoms with Gasteiger partial charge in [0.25, 0.3) is 0 Å². The Morgan fingerprint density at radius 1 is 0.952 bits per heavy atom. The molecule has 7 heteroatoms. The Labute approximate surface area is 122 Å². The first-order valence-corrected chi connectivity index (χ1v) is 6.24. The molecular formula is C14H18N4O3. The zero-order valence-corrected chi connectivity index (χ0v) is 12.2. The topological polar surface area (TPSA) is 106 Å². The fourth-order valence-corrected chi connectivity index (χ4v) is 2.15. The van der Waals surface area contributed by atoms with Crippen LogP contribution < -0.4 is 25.7 Å². The predicted molar refractivity (Wildman–Crippen MR) is 79.8 cm³/mol. The number of rotatable bonds is 5. The monoisotopic (exact) mass is 290 g/mol. The number of benzene rings is 1. The summed E-state index contributed by atoms with van der Waals surface area (Å²) >= 11 is 0. The van der Waals surface area contributed by atoms with Gasteiger partial charge in [0.15, 0.2) is 11.5 Å². The van der Waals surface area contributed by atoms with Gasteiger partial charge in [0.2, 0.25) is 5.75 Å². The third-order valence-corrected chi connectivity index (χ3v) is 3.16. The first-order valence-electron chi connectivity index (χ1n) is 6.24. The van der Waals surface area contributed by atoms with Crippen LogP contribution in [0.3, 0.4) is 0 Å². The van der Waals surface area contributed by atoms with Crippen LogP contribution >= 0.6 is 0 Å². The van der Waals surface area contributed by atoms with Gasteiger partial charge in [-0.25, -0.2) is 9.97 Å². The Hall–Kier alpha value is -2.70. The highest BCUT2D eigenvalue weighted by Crippen LogP contribution is 2.48. The Balaban J connectivity index is 2.62. The van der Waals surface area contributed by atoms with E-state index in [9.17, 15) is 0 Å². The second-order valence-electron chi connectivity index (χ2n) is 4.28. The summed E-state index contributed by atoms with van der Waals surface area (Å²) < 4.78 is 16.0. The molecule has 0 bridgehead atoms. The number of nitrogens with zero attached hydrogens (tertiary/aromatic N) is 2. The number of hydrogen-bond donors (Lipinski definition) is 2. The van der Waals surface area contributed by atoms with Crippen LogP contribution in [0.15, 0.2) is 18.6 Å². The first kappa shape index (κ1) is 14.7. The molecule has 0 amide bonds. The molecule has 0 spiro atoms. The van der Waals surface area contributed by atoms with E-state index < -0.39 is 0 Å². The van der Waals surface area contributed by atoms with Crippen LogP contribution in [0.2, 0.25) is 0 Å². The number of anilines is 2. The summed E-state index contributed by atoms with van der Waals surface area (Å²) in [6, 6.07) is 1.80. The maximum absolute atomic E-state index is 6.12. The van der Waals surface area contributed by atoms with E-state index in [1.807, 2.05) is 0 Å². The molecular weight excluding hydrogens is 272 g/mol. The van der Waals surface area contributed by atoms with E-state index in [0.29, 0.717) is 40.6 Å². The van der Waals surface area contributed by atoms with Crippen molar-refractivity contribution in [2.75, 3.05) is 32.8 Å². The molecule has 0 aliphatic heterocycles. The van der Waals surface area contributed by atoms with Crippen molar-refractivity contribution in [3.63, 3.8) is 0 Å². The molecule has 0 unspecified atom stereocenters. The zero-order valence-electron chi connectivity index (χ0n) is 12.2. The molecule has 1 aromatic heterocycles. The van der Waals surface area contributed by atoms with Gasteiger partial charge >= 0.3 is 0 Å². The quantitative estimate of drug-likeness (QED) is 0.798.